The van der Waals surface area contributed by atoms with Crippen molar-refractivity contribution in [3.63, 3.8) is 0 Å². The Kier molecular flexibility index (Phi) is 10.7. The van der Waals surface area contributed by atoms with Gasteiger partial charge >= 0.3 is 11.9 Å². The van der Waals surface area contributed by atoms with Gasteiger partial charge in [0.1, 0.15) is 0 Å². The van der Waals surface area contributed by atoms with E-state index in [0.29, 0.717) is 19.5 Å². The quantitative estimate of drug-likeness (QED) is 0.419. The van der Waals surface area contributed by atoms with E-state index >= 15 is 0 Å². The molecule has 0 aliphatic carbocycles. The number of carbonyl (C=O) groups excluding carboxylic acids is 1. The van der Waals surface area contributed by atoms with Crippen molar-refractivity contribution in [3.8, 4) is 0 Å². The molecule has 0 saturated carbocycles. The second-order valence-corrected chi connectivity index (χ2v) is 6.31. The van der Waals surface area contributed by atoms with Crippen LogP contribution in [0.1, 0.15) is 24.2 Å². The number of benzene rings is 2. The highest BCUT2D eigenvalue weighted by molar-refractivity contribution is 6.27. The van der Waals surface area contributed by atoms with Gasteiger partial charge in [0.15, 0.2) is 0 Å². The standard InChI is InChI=1S/C19H24N2O2.C2H2O4/c1-15(20-14-18(22)17-10-6-3-7-11-17)13-21-19(23)12-16-8-4-2-5-9-16;3-1(4)2(5)6/h2-11,15,18,20,22H,12-14H2,1H3,(H,21,23);(H,3,4)(H,5,6). The van der Waals surface area contributed by atoms with Crippen LogP contribution in [0.5, 0.6) is 0 Å². The number of hydrogen-bond acceptors (Lipinski definition) is 5. The predicted molar refractivity (Wildman–Crippen MR) is 107 cm³/mol. The first-order valence-electron chi connectivity index (χ1n) is 9.02. The molecule has 0 bridgehead atoms. The van der Waals surface area contributed by atoms with Crippen LogP contribution in [0.15, 0.2) is 60.7 Å². The van der Waals surface area contributed by atoms with Crippen molar-refractivity contribution < 1.29 is 29.7 Å². The minimum atomic E-state index is -1.82. The lowest BCUT2D eigenvalue weighted by Crippen LogP contribution is -2.41. The number of aliphatic carboxylic acids is 2. The predicted octanol–water partition coefficient (Wildman–Crippen LogP) is 1.21. The fourth-order valence-corrected chi connectivity index (χ4v) is 2.29. The van der Waals surface area contributed by atoms with Crippen LogP contribution in [-0.2, 0) is 20.8 Å². The summed E-state index contributed by atoms with van der Waals surface area (Å²) >= 11 is 0. The van der Waals surface area contributed by atoms with Crippen molar-refractivity contribution in [2.75, 3.05) is 13.1 Å². The number of rotatable bonds is 8. The number of carboxylic acid groups (broad SMARTS) is 2. The molecule has 0 radical (unpaired) electrons. The third kappa shape index (κ3) is 10.6. The topological polar surface area (TPSA) is 136 Å². The molecule has 5 N–H and O–H groups in total. The Labute approximate surface area is 169 Å². The first kappa shape index (κ1) is 23.8. The van der Waals surface area contributed by atoms with Crippen molar-refractivity contribution in [3.05, 3.63) is 71.8 Å². The van der Waals surface area contributed by atoms with E-state index in [0.717, 1.165) is 11.1 Å². The summed E-state index contributed by atoms with van der Waals surface area (Å²) in [5.41, 5.74) is 1.89. The summed E-state index contributed by atoms with van der Waals surface area (Å²) in [7, 11) is 0. The van der Waals surface area contributed by atoms with Crippen LogP contribution in [0.2, 0.25) is 0 Å². The molecular weight excluding hydrogens is 376 g/mol. The molecule has 2 aromatic carbocycles. The van der Waals surface area contributed by atoms with E-state index in [9.17, 15) is 9.90 Å². The Morgan fingerprint density at radius 3 is 1.90 bits per heavy atom. The largest absolute Gasteiger partial charge is 0.473 e. The zero-order chi connectivity index (χ0) is 21.6. The molecular formula is C21H26N2O6. The molecule has 2 rings (SSSR count). The Morgan fingerprint density at radius 2 is 1.38 bits per heavy atom. The van der Waals surface area contributed by atoms with Gasteiger partial charge in [-0.25, -0.2) is 9.59 Å². The Morgan fingerprint density at radius 1 is 0.862 bits per heavy atom. The fourth-order valence-electron chi connectivity index (χ4n) is 2.29. The lowest BCUT2D eigenvalue weighted by atomic mass is 10.1. The van der Waals surface area contributed by atoms with Crippen LogP contribution in [0.3, 0.4) is 0 Å². The van der Waals surface area contributed by atoms with E-state index in [1.807, 2.05) is 67.6 Å². The molecule has 0 saturated heterocycles. The van der Waals surface area contributed by atoms with Gasteiger partial charge in [-0.2, -0.15) is 0 Å². The van der Waals surface area contributed by atoms with Crippen molar-refractivity contribution in [2.45, 2.75) is 25.5 Å². The molecule has 0 aliphatic rings. The molecule has 29 heavy (non-hydrogen) atoms. The maximum atomic E-state index is 11.9. The Hall–Kier alpha value is -3.23. The normalized spacial score (nSPS) is 12.1. The molecule has 8 nitrogen and oxygen atoms in total. The molecule has 0 aliphatic heterocycles. The van der Waals surface area contributed by atoms with Crippen LogP contribution in [0.4, 0.5) is 0 Å². The van der Waals surface area contributed by atoms with Gasteiger partial charge in [0.05, 0.1) is 12.5 Å². The molecule has 2 unspecified atom stereocenters. The van der Waals surface area contributed by atoms with Crippen LogP contribution >= 0.6 is 0 Å². The Bertz CT molecular complexity index is 755. The van der Waals surface area contributed by atoms with Crippen molar-refractivity contribution in [1.29, 1.82) is 0 Å². The van der Waals surface area contributed by atoms with Gasteiger partial charge in [-0.1, -0.05) is 60.7 Å². The highest BCUT2D eigenvalue weighted by Crippen LogP contribution is 2.10. The van der Waals surface area contributed by atoms with Gasteiger partial charge in [0.25, 0.3) is 0 Å². The summed E-state index contributed by atoms with van der Waals surface area (Å²) in [4.78, 5) is 30.1. The molecule has 156 valence electrons. The minimum absolute atomic E-state index is 0.00783. The summed E-state index contributed by atoms with van der Waals surface area (Å²) in [6, 6.07) is 19.3. The fraction of sp³-hybridized carbons (Fsp3) is 0.286. The van der Waals surface area contributed by atoms with Gasteiger partial charge < -0.3 is 26.0 Å². The van der Waals surface area contributed by atoms with Crippen LogP contribution in [0.25, 0.3) is 0 Å². The highest BCUT2D eigenvalue weighted by Gasteiger charge is 2.10. The second-order valence-electron chi connectivity index (χ2n) is 6.31. The number of carbonyl (C=O) groups is 3. The summed E-state index contributed by atoms with van der Waals surface area (Å²) in [6.07, 6.45) is -0.154. The summed E-state index contributed by atoms with van der Waals surface area (Å²) in [6.45, 7) is 2.98. The number of carboxylic acids is 2. The SMILES string of the molecule is CC(CNC(=O)Cc1ccccc1)NCC(O)c1ccccc1.O=C(O)C(=O)O. The smallest absolute Gasteiger partial charge is 0.414 e. The molecule has 0 fully saturated rings. The van der Waals surface area contributed by atoms with E-state index in [-0.39, 0.29) is 11.9 Å². The van der Waals surface area contributed by atoms with Gasteiger partial charge in [0, 0.05) is 19.1 Å². The zero-order valence-electron chi connectivity index (χ0n) is 16.1. The van der Waals surface area contributed by atoms with E-state index < -0.39 is 18.0 Å². The molecule has 0 heterocycles. The maximum absolute atomic E-state index is 11.9. The van der Waals surface area contributed by atoms with Crippen LogP contribution < -0.4 is 10.6 Å². The summed E-state index contributed by atoms with van der Waals surface area (Å²) < 4.78 is 0. The van der Waals surface area contributed by atoms with Crippen LogP contribution in [-0.4, -0.2) is 52.3 Å². The summed E-state index contributed by atoms with van der Waals surface area (Å²) in [5.74, 6) is -3.64. The van der Waals surface area contributed by atoms with E-state index in [4.69, 9.17) is 19.8 Å². The molecule has 0 spiro atoms. The first-order valence-corrected chi connectivity index (χ1v) is 9.02. The lowest BCUT2D eigenvalue weighted by Gasteiger charge is -2.18. The van der Waals surface area contributed by atoms with Crippen LogP contribution in [0, 0.1) is 0 Å². The van der Waals surface area contributed by atoms with Gasteiger partial charge in [0.2, 0.25) is 5.91 Å². The van der Waals surface area contributed by atoms with E-state index in [2.05, 4.69) is 10.6 Å². The van der Waals surface area contributed by atoms with Crippen molar-refractivity contribution in [1.82, 2.24) is 10.6 Å². The van der Waals surface area contributed by atoms with Gasteiger partial charge in [-0.15, -0.1) is 0 Å². The average molecular weight is 402 g/mol. The number of hydrogen-bond donors (Lipinski definition) is 5. The number of amides is 1. The molecule has 2 aromatic rings. The number of nitrogens with one attached hydrogen (secondary N) is 2. The summed E-state index contributed by atoms with van der Waals surface area (Å²) in [5, 5.41) is 31.0. The average Bonchev–Trinajstić information content (AvgIpc) is 2.72. The third-order valence-corrected chi connectivity index (χ3v) is 3.84. The third-order valence-electron chi connectivity index (χ3n) is 3.84. The van der Waals surface area contributed by atoms with Gasteiger partial charge in [-0.3, -0.25) is 4.79 Å². The number of aliphatic hydroxyl groups excluding tert-OH is 1. The van der Waals surface area contributed by atoms with E-state index in [1.54, 1.807) is 0 Å². The molecule has 0 aromatic heterocycles. The monoisotopic (exact) mass is 402 g/mol. The highest BCUT2D eigenvalue weighted by atomic mass is 16.4. The minimum Gasteiger partial charge on any atom is -0.473 e. The van der Waals surface area contributed by atoms with E-state index in [1.165, 1.54) is 0 Å². The first-order chi connectivity index (χ1) is 13.8. The van der Waals surface area contributed by atoms with Crippen molar-refractivity contribution in [2.24, 2.45) is 0 Å². The maximum Gasteiger partial charge on any atom is 0.414 e. The molecule has 2 atom stereocenters. The van der Waals surface area contributed by atoms with Crippen molar-refractivity contribution >= 4 is 17.8 Å². The number of aliphatic hydroxyl groups is 1. The zero-order valence-corrected chi connectivity index (χ0v) is 16.1. The molecule has 1 amide bonds. The lowest BCUT2D eigenvalue weighted by molar-refractivity contribution is -0.159. The second kappa shape index (κ2) is 13.0. The molecule has 8 heteroatoms. The van der Waals surface area contributed by atoms with Gasteiger partial charge in [-0.05, 0) is 18.1 Å². The Balaban J connectivity index is 0.000000612.